The molecule has 1 unspecified atom stereocenters. The van der Waals surface area contributed by atoms with Crippen molar-refractivity contribution < 1.29 is 23.8 Å². The molecule has 3 aromatic rings. The third-order valence-corrected chi connectivity index (χ3v) is 8.28. The normalized spacial score (nSPS) is 19.0. The van der Waals surface area contributed by atoms with Crippen LogP contribution in [0.4, 0.5) is 4.39 Å². The summed E-state index contributed by atoms with van der Waals surface area (Å²) in [4.78, 5) is 19.8. The summed E-state index contributed by atoms with van der Waals surface area (Å²) in [6.45, 7) is 2.24. The lowest BCUT2D eigenvalue weighted by atomic mass is 9.81. The zero-order chi connectivity index (χ0) is 26.2. The molecule has 1 fully saturated rings. The van der Waals surface area contributed by atoms with E-state index in [0.29, 0.717) is 30.7 Å². The predicted octanol–water partition coefficient (Wildman–Crippen LogP) is 6.25. The summed E-state index contributed by atoms with van der Waals surface area (Å²) in [5.41, 5.74) is 1.31. The average molecular weight is 527 g/mol. The highest BCUT2D eigenvalue weighted by atomic mass is 32.2. The van der Waals surface area contributed by atoms with E-state index in [1.807, 2.05) is 36.4 Å². The molecule has 8 heteroatoms. The molecule has 6 nitrogen and oxygen atoms in total. The lowest BCUT2D eigenvalue weighted by molar-refractivity contribution is -0.146. The topological polar surface area (TPSA) is 71.9 Å². The molecule has 2 aromatic carbocycles. The number of benzene rings is 2. The van der Waals surface area contributed by atoms with Crippen LogP contribution >= 0.6 is 11.8 Å². The van der Waals surface area contributed by atoms with E-state index < -0.39 is 18.1 Å². The Hall–Kier alpha value is -2.84. The molecule has 1 saturated heterocycles. The summed E-state index contributed by atoms with van der Waals surface area (Å²) in [6.07, 6.45) is 3.04. The van der Waals surface area contributed by atoms with Crippen molar-refractivity contribution in [1.82, 2.24) is 9.88 Å². The van der Waals surface area contributed by atoms with Gasteiger partial charge in [0.1, 0.15) is 17.7 Å². The van der Waals surface area contributed by atoms with Crippen molar-refractivity contribution in [2.75, 3.05) is 39.6 Å². The maximum Gasteiger partial charge on any atom is 0.308 e. The van der Waals surface area contributed by atoms with Crippen LogP contribution in [-0.2, 0) is 4.79 Å². The number of nitrogens with zero attached hydrogens (tertiary/aromatic N) is 2. The minimum Gasteiger partial charge on any atom is -0.497 e. The van der Waals surface area contributed by atoms with Crippen LogP contribution in [0.3, 0.4) is 0 Å². The van der Waals surface area contributed by atoms with E-state index in [1.54, 1.807) is 38.2 Å². The van der Waals surface area contributed by atoms with Gasteiger partial charge < -0.3 is 19.5 Å². The van der Waals surface area contributed by atoms with Gasteiger partial charge >= 0.3 is 5.97 Å². The summed E-state index contributed by atoms with van der Waals surface area (Å²) in [6, 6.07) is 15.2. The van der Waals surface area contributed by atoms with Gasteiger partial charge in [-0.05, 0) is 98.5 Å². The first-order chi connectivity index (χ1) is 18.0. The fraction of sp³-hybridized carbons (Fsp3) is 0.448. The predicted molar refractivity (Wildman–Crippen MR) is 145 cm³/mol. The number of methoxy groups -OCH3 is 2. The highest BCUT2D eigenvalue weighted by Crippen LogP contribution is 2.35. The molecule has 37 heavy (non-hydrogen) atoms. The molecular weight excluding hydrogens is 491 g/mol. The Morgan fingerprint density at radius 1 is 1.19 bits per heavy atom. The van der Waals surface area contributed by atoms with E-state index in [2.05, 4.69) is 16.0 Å². The van der Waals surface area contributed by atoms with Crippen molar-refractivity contribution in [3.63, 3.8) is 0 Å². The highest BCUT2D eigenvalue weighted by molar-refractivity contribution is 7.99. The Morgan fingerprint density at radius 2 is 2.00 bits per heavy atom. The number of aliphatic carboxylic acids is 1. The number of fused-ring (bicyclic) bond motifs is 1. The van der Waals surface area contributed by atoms with Gasteiger partial charge in [-0.15, -0.1) is 11.8 Å². The Kier molecular flexibility index (Phi) is 9.63. The first-order valence-electron chi connectivity index (χ1n) is 12.8. The van der Waals surface area contributed by atoms with E-state index in [0.717, 1.165) is 48.3 Å². The number of piperidine rings is 1. The van der Waals surface area contributed by atoms with Crippen molar-refractivity contribution in [2.45, 2.75) is 36.8 Å². The van der Waals surface area contributed by atoms with Crippen molar-refractivity contribution >= 4 is 28.6 Å². The van der Waals surface area contributed by atoms with Crippen LogP contribution in [-0.4, -0.2) is 60.6 Å². The molecule has 0 bridgehead atoms. The number of aromatic nitrogens is 1. The smallest absolute Gasteiger partial charge is 0.308 e. The van der Waals surface area contributed by atoms with Gasteiger partial charge in [-0.25, -0.2) is 4.39 Å². The number of hydrogen-bond donors (Lipinski definition) is 1. The van der Waals surface area contributed by atoms with E-state index in [4.69, 9.17) is 9.47 Å². The van der Waals surface area contributed by atoms with Gasteiger partial charge in [-0.2, -0.15) is 0 Å². The SMILES string of the molecule is COc1cccc(SCCCN2CC[C@@H](CCC(F)c3ccnc4ccc(OC)cc34)[C@@H](C(=O)O)C2)c1. The van der Waals surface area contributed by atoms with Gasteiger partial charge in [0.05, 0.1) is 25.7 Å². The minimum absolute atomic E-state index is 0.0270. The highest BCUT2D eigenvalue weighted by Gasteiger charge is 2.34. The molecule has 2 heterocycles. The van der Waals surface area contributed by atoms with Gasteiger partial charge in [-0.3, -0.25) is 9.78 Å². The molecular formula is C29H35FN2O4S. The van der Waals surface area contributed by atoms with Crippen LogP contribution in [0.2, 0.25) is 0 Å². The van der Waals surface area contributed by atoms with E-state index in [1.165, 1.54) is 4.90 Å². The number of thioether (sulfide) groups is 1. The van der Waals surface area contributed by atoms with Crippen LogP contribution in [0.15, 0.2) is 59.6 Å². The summed E-state index contributed by atoms with van der Waals surface area (Å²) in [7, 11) is 3.25. The Bertz CT molecular complexity index is 1190. The maximum absolute atomic E-state index is 15.4. The maximum atomic E-state index is 15.4. The minimum atomic E-state index is -1.18. The first kappa shape index (κ1) is 27.2. The van der Waals surface area contributed by atoms with E-state index in [9.17, 15) is 9.90 Å². The molecule has 0 saturated carbocycles. The molecule has 0 aliphatic carbocycles. The third kappa shape index (κ3) is 7.14. The van der Waals surface area contributed by atoms with Crippen LogP contribution < -0.4 is 9.47 Å². The zero-order valence-electron chi connectivity index (χ0n) is 21.4. The first-order valence-corrected chi connectivity index (χ1v) is 13.8. The van der Waals surface area contributed by atoms with Crippen LogP contribution in [0.1, 0.15) is 37.4 Å². The fourth-order valence-corrected chi connectivity index (χ4v) is 6.01. The molecule has 4 rings (SSSR count). The number of halogens is 1. The number of ether oxygens (including phenoxy) is 2. The average Bonchev–Trinajstić information content (AvgIpc) is 2.93. The summed E-state index contributed by atoms with van der Waals surface area (Å²) in [5, 5.41) is 10.7. The van der Waals surface area contributed by atoms with Crippen molar-refractivity contribution in [2.24, 2.45) is 11.8 Å². The zero-order valence-corrected chi connectivity index (χ0v) is 22.3. The van der Waals surface area contributed by atoms with Gasteiger partial charge in [0, 0.05) is 23.0 Å². The number of rotatable bonds is 12. The largest absolute Gasteiger partial charge is 0.497 e. The third-order valence-electron chi connectivity index (χ3n) is 7.20. The van der Waals surface area contributed by atoms with Crippen LogP contribution in [0.25, 0.3) is 10.9 Å². The van der Waals surface area contributed by atoms with Crippen molar-refractivity contribution in [3.8, 4) is 11.5 Å². The van der Waals surface area contributed by atoms with Gasteiger partial charge in [0.25, 0.3) is 0 Å². The molecule has 1 aliphatic heterocycles. The molecule has 1 N–H and O–H groups in total. The lowest BCUT2D eigenvalue weighted by Gasteiger charge is -2.36. The number of alkyl halides is 1. The summed E-state index contributed by atoms with van der Waals surface area (Å²) < 4.78 is 26.0. The second-order valence-electron chi connectivity index (χ2n) is 9.50. The van der Waals surface area contributed by atoms with Gasteiger partial charge in [0.15, 0.2) is 0 Å². The monoisotopic (exact) mass is 526 g/mol. The molecule has 1 aromatic heterocycles. The molecule has 198 valence electrons. The number of carboxylic acids is 1. The molecule has 0 amide bonds. The Morgan fingerprint density at radius 3 is 2.78 bits per heavy atom. The van der Waals surface area contributed by atoms with Gasteiger partial charge in [0.2, 0.25) is 0 Å². The van der Waals surface area contributed by atoms with Gasteiger partial charge in [-0.1, -0.05) is 6.07 Å². The molecule has 1 aliphatic rings. The van der Waals surface area contributed by atoms with Crippen molar-refractivity contribution in [1.29, 1.82) is 0 Å². The second-order valence-corrected chi connectivity index (χ2v) is 10.7. The number of carbonyl (C=O) groups is 1. The van der Waals surface area contributed by atoms with E-state index >= 15 is 4.39 Å². The van der Waals surface area contributed by atoms with Crippen molar-refractivity contribution in [3.05, 3.63) is 60.3 Å². The standard InChI is InChI=1S/C29H35FN2O4S/c1-35-21-5-3-6-23(17-21)37-16-4-14-32-15-12-20(26(19-32)29(33)34)7-9-27(30)24-11-13-31-28-10-8-22(36-2)18-25(24)28/h3,5-6,8,10-11,13,17-18,20,26-27H,4,7,9,12,14-16,19H2,1-2H3,(H,33,34)/t20-,26+,27?/m1/s1. The quantitative estimate of drug-likeness (QED) is 0.221. The van der Waals surface area contributed by atoms with E-state index in [-0.39, 0.29) is 5.92 Å². The Labute approximate surface area is 222 Å². The number of likely N-dealkylation sites (tertiary alicyclic amines) is 1. The number of pyridine rings is 1. The fourth-order valence-electron chi connectivity index (χ4n) is 5.13. The molecule has 3 atom stereocenters. The summed E-state index contributed by atoms with van der Waals surface area (Å²) >= 11 is 1.78. The summed E-state index contributed by atoms with van der Waals surface area (Å²) in [5.74, 6) is 1.19. The molecule has 0 radical (unpaired) electrons. The van der Waals surface area contributed by atoms with Crippen LogP contribution in [0.5, 0.6) is 11.5 Å². The lowest BCUT2D eigenvalue weighted by Crippen LogP contribution is -2.44. The van der Waals surface area contributed by atoms with Crippen LogP contribution in [0, 0.1) is 11.8 Å². The second kappa shape index (κ2) is 13.1. The number of hydrogen-bond acceptors (Lipinski definition) is 6. The number of carboxylic acid groups (broad SMARTS) is 1. The molecule has 0 spiro atoms. The Balaban J connectivity index is 1.28.